The molecular formula is C21H24O3S. The van der Waals surface area contributed by atoms with E-state index in [-0.39, 0.29) is 4.90 Å². The number of rotatable bonds is 7. The fourth-order valence-electron chi connectivity index (χ4n) is 3.79. The summed E-state index contributed by atoms with van der Waals surface area (Å²) in [4.78, 5) is 0.286. The number of aryl methyl sites for hydroxylation is 1. The standard InChI is InChI=1S/C21H24O3S/c1-3-21(25(23,24)18-12-8-5-9-13-18)16-20(21,2)19(22)15-14-17-10-6-4-7-11-17/h3-13,19,22H,1,14-16H2,2H3/t19-,20+,21+/m0/s1. The van der Waals surface area contributed by atoms with E-state index in [4.69, 9.17) is 0 Å². The van der Waals surface area contributed by atoms with E-state index in [1.165, 1.54) is 6.08 Å². The smallest absolute Gasteiger partial charge is 0.188 e. The molecule has 2 aromatic rings. The van der Waals surface area contributed by atoms with Gasteiger partial charge in [0.2, 0.25) is 0 Å². The fraction of sp³-hybridized carbons (Fsp3) is 0.333. The zero-order chi connectivity index (χ0) is 18.1. The van der Waals surface area contributed by atoms with Gasteiger partial charge in [-0.2, -0.15) is 0 Å². The van der Waals surface area contributed by atoms with Crippen molar-refractivity contribution >= 4 is 9.84 Å². The lowest BCUT2D eigenvalue weighted by molar-refractivity contribution is 0.0908. The number of aliphatic hydroxyl groups excluding tert-OH is 1. The molecule has 0 aliphatic heterocycles. The normalized spacial score (nSPS) is 26.8. The van der Waals surface area contributed by atoms with Crippen molar-refractivity contribution in [1.29, 1.82) is 0 Å². The maximum absolute atomic E-state index is 13.2. The van der Waals surface area contributed by atoms with Crippen molar-refractivity contribution < 1.29 is 13.5 Å². The highest BCUT2D eigenvalue weighted by Crippen LogP contribution is 2.65. The van der Waals surface area contributed by atoms with Gasteiger partial charge in [0.25, 0.3) is 0 Å². The minimum atomic E-state index is -3.59. The third-order valence-electron chi connectivity index (χ3n) is 5.62. The minimum Gasteiger partial charge on any atom is -0.392 e. The van der Waals surface area contributed by atoms with Crippen LogP contribution in [0.2, 0.25) is 0 Å². The summed E-state index contributed by atoms with van der Waals surface area (Å²) in [6.45, 7) is 5.64. The topological polar surface area (TPSA) is 54.4 Å². The van der Waals surface area contributed by atoms with Crippen LogP contribution in [0.25, 0.3) is 0 Å². The largest absolute Gasteiger partial charge is 0.392 e. The van der Waals surface area contributed by atoms with Crippen LogP contribution < -0.4 is 0 Å². The molecule has 1 saturated carbocycles. The molecule has 0 heterocycles. The van der Waals surface area contributed by atoms with E-state index in [0.717, 1.165) is 12.0 Å². The lowest BCUT2D eigenvalue weighted by Crippen LogP contribution is -2.34. The van der Waals surface area contributed by atoms with Gasteiger partial charge in [0.05, 0.1) is 11.0 Å². The fourth-order valence-corrected chi connectivity index (χ4v) is 6.19. The van der Waals surface area contributed by atoms with Gasteiger partial charge < -0.3 is 5.11 Å². The number of benzene rings is 2. The molecule has 0 radical (unpaired) electrons. The first-order valence-electron chi connectivity index (χ1n) is 8.53. The van der Waals surface area contributed by atoms with Crippen LogP contribution in [0.3, 0.4) is 0 Å². The molecule has 25 heavy (non-hydrogen) atoms. The van der Waals surface area contributed by atoms with E-state index in [1.807, 2.05) is 37.3 Å². The van der Waals surface area contributed by atoms with E-state index in [1.54, 1.807) is 30.3 Å². The molecule has 3 nitrogen and oxygen atoms in total. The average Bonchev–Trinajstić information content (AvgIpc) is 3.30. The van der Waals surface area contributed by atoms with Gasteiger partial charge in [-0.15, -0.1) is 6.58 Å². The highest BCUT2D eigenvalue weighted by atomic mass is 32.2. The summed E-state index contributed by atoms with van der Waals surface area (Å²) in [5.74, 6) is 0. The lowest BCUT2D eigenvalue weighted by atomic mass is 9.93. The summed E-state index contributed by atoms with van der Waals surface area (Å²) in [6, 6.07) is 18.4. The molecule has 0 saturated heterocycles. The van der Waals surface area contributed by atoms with Crippen LogP contribution in [0.4, 0.5) is 0 Å². The summed E-state index contributed by atoms with van der Waals surface area (Å²) < 4.78 is 25.2. The summed E-state index contributed by atoms with van der Waals surface area (Å²) >= 11 is 0. The van der Waals surface area contributed by atoms with Crippen LogP contribution in [-0.2, 0) is 16.3 Å². The van der Waals surface area contributed by atoms with E-state index in [2.05, 4.69) is 6.58 Å². The van der Waals surface area contributed by atoms with Crippen molar-refractivity contribution in [3.8, 4) is 0 Å². The molecule has 1 aliphatic carbocycles. The first-order chi connectivity index (χ1) is 11.9. The highest BCUT2D eigenvalue weighted by molar-refractivity contribution is 7.93. The Morgan fingerprint density at radius 3 is 2.24 bits per heavy atom. The Balaban J connectivity index is 1.82. The van der Waals surface area contributed by atoms with Gasteiger partial charge in [0.15, 0.2) is 9.84 Å². The van der Waals surface area contributed by atoms with Crippen LogP contribution in [-0.4, -0.2) is 24.4 Å². The Kier molecular flexibility index (Phi) is 4.60. The third kappa shape index (κ3) is 2.83. The predicted octanol–water partition coefficient (Wildman–Crippen LogP) is 3.79. The predicted molar refractivity (Wildman–Crippen MR) is 100 cm³/mol. The average molecular weight is 356 g/mol. The summed E-state index contributed by atoms with van der Waals surface area (Å²) in [7, 11) is -3.59. The molecule has 0 aromatic heterocycles. The van der Waals surface area contributed by atoms with Crippen molar-refractivity contribution in [2.45, 2.75) is 41.9 Å². The van der Waals surface area contributed by atoms with Crippen LogP contribution >= 0.6 is 0 Å². The molecule has 1 aliphatic rings. The van der Waals surface area contributed by atoms with Gasteiger partial charge in [-0.05, 0) is 37.0 Å². The molecule has 2 aromatic carbocycles. The van der Waals surface area contributed by atoms with Crippen molar-refractivity contribution in [3.63, 3.8) is 0 Å². The van der Waals surface area contributed by atoms with Gasteiger partial charge in [0, 0.05) is 5.41 Å². The van der Waals surface area contributed by atoms with Gasteiger partial charge in [-0.1, -0.05) is 61.5 Å². The van der Waals surface area contributed by atoms with Gasteiger partial charge in [-0.25, -0.2) is 8.42 Å². The van der Waals surface area contributed by atoms with Crippen molar-refractivity contribution in [3.05, 3.63) is 78.9 Å². The molecule has 1 N–H and O–H groups in total. The minimum absolute atomic E-state index is 0.286. The second-order valence-corrected chi connectivity index (χ2v) is 9.25. The Morgan fingerprint density at radius 2 is 1.68 bits per heavy atom. The molecule has 1 fully saturated rings. The van der Waals surface area contributed by atoms with Crippen LogP contribution in [0.5, 0.6) is 0 Å². The van der Waals surface area contributed by atoms with Crippen LogP contribution in [0.1, 0.15) is 25.3 Å². The van der Waals surface area contributed by atoms with Crippen LogP contribution in [0, 0.1) is 5.41 Å². The third-order valence-corrected chi connectivity index (χ3v) is 8.25. The molecule has 0 bridgehead atoms. The monoisotopic (exact) mass is 356 g/mol. The molecule has 0 amide bonds. The number of hydrogen-bond acceptors (Lipinski definition) is 3. The number of sulfone groups is 1. The zero-order valence-corrected chi connectivity index (χ0v) is 15.2. The van der Waals surface area contributed by atoms with Crippen LogP contribution in [0.15, 0.2) is 78.2 Å². The molecular weight excluding hydrogens is 332 g/mol. The molecule has 132 valence electrons. The number of hydrogen-bond donors (Lipinski definition) is 1. The van der Waals surface area contributed by atoms with E-state index < -0.39 is 26.1 Å². The molecule has 0 spiro atoms. The van der Waals surface area contributed by atoms with Crippen molar-refractivity contribution in [1.82, 2.24) is 0 Å². The first-order valence-corrected chi connectivity index (χ1v) is 10.0. The summed E-state index contributed by atoms with van der Waals surface area (Å²) in [6.07, 6.45) is 2.46. The zero-order valence-electron chi connectivity index (χ0n) is 14.4. The Labute approximate surface area is 149 Å². The quantitative estimate of drug-likeness (QED) is 0.768. The molecule has 3 rings (SSSR count). The second-order valence-electron chi connectivity index (χ2n) is 7.04. The highest BCUT2D eigenvalue weighted by Gasteiger charge is 2.73. The summed E-state index contributed by atoms with van der Waals surface area (Å²) in [5.41, 5.74) is 0.430. The molecule has 3 atom stereocenters. The summed E-state index contributed by atoms with van der Waals surface area (Å²) in [5, 5.41) is 10.8. The molecule has 0 unspecified atom stereocenters. The Bertz CT molecular complexity index is 845. The van der Waals surface area contributed by atoms with Gasteiger partial charge in [-0.3, -0.25) is 0 Å². The van der Waals surface area contributed by atoms with Gasteiger partial charge >= 0.3 is 0 Å². The lowest BCUT2D eigenvalue weighted by Gasteiger charge is -2.25. The maximum atomic E-state index is 13.2. The van der Waals surface area contributed by atoms with Crippen molar-refractivity contribution in [2.24, 2.45) is 5.41 Å². The van der Waals surface area contributed by atoms with E-state index in [0.29, 0.717) is 12.8 Å². The van der Waals surface area contributed by atoms with Gasteiger partial charge in [0.1, 0.15) is 4.75 Å². The molecule has 4 heteroatoms. The SMILES string of the molecule is C=C[C@@]1(S(=O)(=O)c2ccccc2)C[C@]1(C)[C@@H](O)CCc1ccccc1. The second kappa shape index (κ2) is 6.43. The van der Waals surface area contributed by atoms with E-state index in [9.17, 15) is 13.5 Å². The van der Waals surface area contributed by atoms with Crippen molar-refractivity contribution in [2.75, 3.05) is 0 Å². The van der Waals surface area contributed by atoms with E-state index >= 15 is 0 Å². The number of aliphatic hydroxyl groups is 1. The Morgan fingerprint density at radius 1 is 1.12 bits per heavy atom. The Hall–Kier alpha value is -1.91. The maximum Gasteiger partial charge on any atom is 0.188 e. The first kappa shape index (κ1) is 17.9.